The highest BCUT2D eigenvalue weighted by Gasteiger charge is 2.51. The minimum Gasteiger partial charge on any atom is -0.337 e. The summed E-state index contributed by atoms with van der Waals surface area (Å²) in [4.78, 5) is 44.6. The van der Waals surface area contributed by atoms with E-state index < -0.39 is 12.2 Å². The Bertz CT molecular complexity index is 1100. The Morgan fingerprint density at radius 1 is 1.18 bits per heavy atom. The predicted molar refractivity (Wildman–Crippen MR) is 153 cm³/mol. The first kappa shape index (κ1) is 28.7. The quantitative estimate of drug-likeness (QED) is 0.361. The Kier molecular flexibility index (Phi) is 9.68. The number of hydrogen-bond acceptors (Lipinski definition) is 4. The molecule has 4 amide bonds. The van der Waals surface area contributed by atoms with E-state index in [4.69, 9.17) is 6.42 Å². The SMILES string of the molecule is C#CCN1CC(=O)N2[C@@H](CC3=CCC(C)C=C3)C(=O)N(CCCCC)C[C@@H]2N1C(=O)NCC1=CC=CC(C)C1. The summed E-state index contributed by atoms with van der Waals surface area (Å²) in [6, 6.07) is -0.958. The van der Waals surface area contributed by atoms with E-state index >= 15 is 0 Å². The van der Waals surface area contributed by atoms with E-state index in [9.17, 15) is 14.4 Å². The number of rotatable bonds is 9. The third-order valence-electron chi connectivity index (χ3n) is 7.99. The van der Waals surface area contributed by atoms with Crippen LogP contribution in [-0.2, 0) is 9.59 Å². The van der Waals surface area contributed by atoms with Gasteiger partial charge in [-0.2, -0.15) is 5.01 Å². The smallest absolute Gasteiger partial charge is 0.334 e. The average Bonchev–Trinajstić information content (AvgIpc) is 2.91. The third-order valence-corrected chi connectivity index (χ3v) is 7.99. The summed E-state index contributed by atoms with van der Waals surface area (Å²) in [7, 11) is 0. The lowest BCUT2D eigenvalue weighted by atomic mass is 9.92. The van der Waals surface area contributed by atoms with E-state index in [0.717, 1.165) is 43.3 Å². The molecule has 8 heteroatoms. The molecule has 210 valence electrons. The summed E-state index contributed by atoms with van der Waals surface area (Å²) in [5.41, 5.74) is 2.21. The van der Waals surface area contributed by atoms with Crippen molar-refractivity contribution in [1.82, 2.24) is 25.1 Å². The van der Waals surface area contributed by atoms with Crippen LogP contribution in [0.15, 0.2) is 47.6 Å². The van der Waals surface area contributed by atoms with Gasteiger partial charge in [0.05, 0.1) is 19.6 Å². The molecule has 0 aromatic heterocycles. The molecule has 2 saturated heterocycles. The number of allylic oxidation sites excluding steroid dienone is 6. The molecule has 39 heavy (non-hydrogen) atoms. The molecule has 4 aliphatic rings. The van der Waals surface area contributed by atoms with E-state index in [-0.39, 0.29) is 37.5 Å². The number of piperazine rings is 1. The van der Waals surface area contributed by atoms with Crippen molar-refractivity contribution in [2.75, 3.05) is 32.7 Å². The lowest BCUT2D eigenvalue weighted by Crippen LogP contribution is -2.76. The third kappa shape index (κ3) is 6.83. The van der Waals surface area contributed by atoms with E-state index in [1.807, 2.05) is 17.1 Å². The molecule has 2 aliphatic heterocycles. The first-order valence-electron chi connectivity index (χ1n) is 14.4. The van der Waals surface area contributed by atoms with Gasteiger partial charge in [0.15, 0.2) is 0 Å². The Morgan fingerprint density at radius 3 is 2.69 bits per heavy atom. The molecule has 0 radical (unpaired) electrons. The van der Waals surface area contributed by atoms with Gasteiger partial charge in [-0.3, -0.25) is 9.59 Å². The Morgan fingerprint density at radius 2 is 2.00 bits per heavy atom. The first-order chi connectivity index (χ1) is 18.8. The molecule has 0 saturated carbocycles. The monoisotopic (exact) mass is 533 g/mol. The zero-order valence-corrected chi connectivity index (χ0v) is 23.6. The topological polar surface area (TPSA) is 76.2 Å². The van der Waals surface area contributed by atoms with Gasteiger partial charge in [-0.15, -0.1) is 6.42 Å². The predicted octanol–water partition coefficient (Wildman–Crippen LogP) is 3.85. The Hall–Kier alpha value is -3.31. The maximum Gasteiger partial charge on any atom is 0.334 e. The lowest BCUT2D eigenvalue weighted by molar-refractivity contribution is -0.188. The molecular formula is C31H43N5O3. The molecule has 0 aromatic carbocycles. The fourth-order valence-electron chi connectivity index (χ4n) is 5.87. The highest BCUT2D eigenvalue weighted by Crippen LogP contribution is 2.31. The molecule has 1 N–H and O–H groups in total. The van der Waals surface area contributed by atoms with Crippen molar-refractivity contribution in [2.24, 2.45) is 11.8 Å². The Labute approximate surface area is 233 Å². The van der Waals surface area contributed by atoms with Crippen LogP contribution in [0.25, 0.3) is 0 Å². The zero-order valence-electron chi connectivity index (χ0n) is 23.6. The van der Waals surface area contributed by atoms with Gasteiger partial charge in [0.1, 0.15) is 12.2 Å². The van der Waals surface area contributed by atoms with Crippen LogP contribution in [0.1, 0.15) is 59.3 Å². The summed E-state index contributed by atoms with van der Waals surface area (Å²) >= 11 is 0. The Balaban J connectivity index is 1.61. The lowest BCUT2D eigenvalue weighted by Gasteiger charge is -2.55. The number of amides is 4. The van der Waals surface area contributed by atoms with Crippen LogP contribution < -0.4 is 5.32 Å². The number of unbranched alkanes of at least 4 members (excludes halogenated alkanes) is 2. The minimum atomic E-state index is -0.655. The number of terminal acetylenes is 1. The van der Waals surface area contributed by atoms with E-state index in [2.05, 4.69) is 56.3 Å². The van der Waals surface area contributed by atoms with Gasteiger partial charge in [0.2, 0.25) is 11.8 Å². The minimum absolute atomic E-state index is 0.0393. The molecular weight excluding hydrogens is 490 g/mol. The molecule has 4 rings (SSSR count). The summed E-state index contributed by atoms with van der Waals surface area (Å²) in [6.45, 7) is 7.84. The van der Waals surface area contributed by atoms with Crippen LogP contribution in [0, 0.1) is 24.2 Å². The normalized spacial score (nSPS) is 27.2. The fourth-order valence-corrected chi connectivity index (χ4v) is 5.87. The molecule has 2 fully saturated rings. The molecule has 0 aromatic rings. The van der Waals surface area contributed by atoms with Crippen molar-refractivity contribution in [2.45, 2.75) is 71.5 Å². The molecule has 4 atom stereocenters. The number of nitrogens with zero attached hydrogens (tertiary/aromatic N) is 4. The first-order valence-corrected chi connectivity index (χ1v) is 14.4. The van der Waals surface area contributed by atoms with Gasteiger partial charge in [-0.1, -0.05) is 81.6 Å². The second-order valence-electron chi connectivity index (χ2n) is 11.3. The zero-order chi connectivity index (χ0) is 27.9. The van der Waals surface area contributed by atoms with Crippen LogP contribution >= 0.6 is 0 Å². The number of carbonyl (C=O) groups excluding carboxylic acids is 3. The number of fused-ring (bicyclic) bond motifs is 1. The van der Waals surface area contributed by atoms with Gasteiger partial charge in [0, 0.05) is 19.5 Å². The molecule has 2 heterocycles. The molecule has 0 bridgehead atoms. The van der Waals surface area contributed by atoms with Crippen LogP contribution in [0.4, 0.5) is 4.79 Å². The van der Waals surface area contributed by atoms with Crippen LogP contribution in [0.2, 0.25) is 0 Å². The maximum absolute atomic E-state index is 13.8. The van der Waals surface area contributed by atoms with E-state index in [1.54, 1.807) is 14.9 Å². The summed E-state index contributed by atoms with van der Waals surface area (Å²) in [5.74, 6) is 3.28. The van der Waals surface area contributed by atoms with Gasteiger partial charge < -0.3 is 15.1 Å². The standard InChI is InChI=1S/C31H43N5O3/c1-5-7-8-17-33-21-28-35(27(30(33)38)19-25-14-12-23(3)13-15-25)29(37)22-34(16-6-2)36(28)31(39)32-20-26-11-9-10-24(4)18-26/h2,9-12,14-15,23-24,27-28H,5,7-8,13,16-22H2,1,3-4H3,(H,32,39)/t23?,24?,27-,28-/m0/s1. The number of hydrogen-bond donors (Lipinski definition) is 1. The average molecular weight is 534 g/mol. The molecule has 2 unspecified atom stereocenters. The summed E-state index contributed by atoms with van der Waals surface area (Å²) < 4.78 is 0. The van der Waals surface area contributed by atoms with Crippen LogP contribution in [0.5, 0.6) is 0 Å². The molecule has 0 spiro atoms. The van der Waals surface area contributed by atoms with Crippen molar-refractivity contribution in [3.63, 3.8) is 0 Å². The maximum atomic E-state index is 13.8. The van der Waals surface area contributed by atoms with E-state index in [1.165, 1.54) is 0 Å². The number of carbonyl (C=O) groups is 3. The van der Waals surface area contributed by atoms with Gasteiger partial charge in [-0.25, -0.2) is 9.80 Å². The highest BCUT2D eigenvalue weighted by molar-refractivity contribution is 5.91. The number of nitrogens with one attached hydrogen (secondary N) is 1. The van der Waals surface area contributed by atoms with Crippen molar-refractivity contribution < 1.29 is 14.4 Å². The number of hydrazine groups is 1. The van der Waals surface area contributed by atoms with Crippen LogP contribution in [-0.4, -0.2) is 82.6 Å². The number of urea groups is 1. The highest BCUT2D eigenvalue weighted by atomic mass is 16.2. The second-order valence-corrected chi connectivity index (χ2v) is 11.3. The largest absolute Gasteiger partial charge is 0.337 e. The van der Waals surface area contributed by atoms with Crippen molar-refractivity contribution in [3.05, 3.63) is 47.6 Å². The molecule has 2 aliphatic carbocycles. The molecule has 8 nitrogen and oxygen atoms in total. The van der Waals surface area contributed by atoms with Gasteiger partial charge in [-0.05, 0) is 36.7 Å². The van der Waals surface area contributed by atoms with Crippen molar-refractivity contribution in [1.29, 1.82) is 0 Å². The summed E-state index contributed by atoms with van der Waals surface area (Å²) in [6.07, 6.45) is 22.9. The van der Waals surface area contributed by atoms with Gasteiger partial charge >= 0.3 is 6.03 Å². The summed E-state index contributed by atoms with van der Waals surface area (Å²) in [5, 5.41) is 6.32. The van der Waals surface area contributed by atoms with E-state index in [0.29, 0.717) is 31.3 Å². The van der Waals surface area contributed by atoms with Crippen molar-refractivity contribution in [3.8, 4) is 12.3 Å². The fraction of sp³-hybridized carbons (Fsp3) is 0.581. The van der Waals surface area contributed by atoms with Crippen molar-refractivity contribution >= 4 is 17.8 Å². The van der Waals surface area contributed by atoms with Crippen LogP contribution in [0.3, 0.4) is 0 Å². The second kappa shape index (κ2) is 13.2. The van der Waals surface area contributed by atoms with Gasteiger partial charge in [0.25, 0.3) is 0 Å².